The van der Waals surface area contributed by atoms with Crippen LogP contribution in [0, 0.1) is 50.5 Å². The standard InChI is InChI=1S/C36H51N3O6/c1-23(30-12-13-31-29-11-6-25-21-27(40)15-17-35(25,3)32(29)16-18-36(30,31)4)5-14-33(41)37-19-20-38(24(2)22-37)34(42)45-28-9-7-26(8-10-28)39(43)44/h6-10,23-24,27,29-32,40H,5,11-22H2,1-4H3/t23-,24+,27+,29+,30-,31+,32+,35+,36-/m1/s1. The van der Waals surface area contributed by atoms with Gasteiger partial charge in [-0.1, -0.05) is 32.4 Å². The molecule has 1 aromatic carbocycles. The Bertz CT molecular complexity index is 1330. The quantitative estimate of drug-likeness (QED) is 0.208. The summed E-state index contributed by atoms with van der Waals surface area (Å²) in [5.74, 6) is 3.80. The number of non-ortho nitro benzene ring substituents is 1. The molecule has 9 atom stereocenters. The minimum atomic E-state index is -0.504. The molecule has 4 aliphatic carbocycles. The molecule has 0 spiro atoms. The summed E-state index contributed by atoms with van der Waals surface area (Å²) in [4.78, 5) is 40.1. The zero-order valence-corrected chi connectivity index (χ0v) is 27.5. The highest BCUT2D eigenvalue weighted by molar-refractivity contribution is 5.77. The molecule has 1 aliphatic heterocycles. The van der Waals surface area contributed by atoms with Crippen molar-refractivity contribution in [2.75, 3.05) is 19.6 Å². The molecule has 246 valence electrons. The van der Waals surface area contributed by atoms with Gasteiger partial charge < -0.3 is 19.6 Å². The number of amides is 2. The van der Waals surface area contributed by atoms with E-state index in [1.165, 1.54) is 61.9 Å². The second-order valence-electron chi connectivity index (χ2n) is 15.4. The van der Waals surface area contributed by atoms with E-state index in [9.17, 15) is 24.8 Å². The van der Waals surface area contributed by atoms with E-state index in [0.717, 1.165) is 43.4 Å². The summed E-state index contributed by atoms with van der Waals surface area (Å²) in [6.45, 7) is 10.7. The number of aliphatic hydroxyl groups excluding tert-OH is 1. The Labute approximate surface area is 267 Å². The second kappa shape index (κ2) is 12.3. The number of carbonyl (C=O) groups is 2. The first kappa shape index (κ1) is 32.0. The fraction of sp³-hybridized carbons (Fsp3) is 0.722. The monoisotopic (exact) mass is 621 g/mol. The van der Waals surface area contributed by atoms with Crippen molar-refractivity contribution in [3.63, 3.8) is 0 Å². The normalized spacial score (nSPS) is 36.7. The van der Waals surface area contributed by atoms with E-state index >= 15 is 0 Å². The number of nitro groups is 1. The van der Waals surface area contributed by atoms with E-state index in [0.29, 0.717) is 43.3 Å². The Kier molecular flexibility index (Phi) is 8.78. The molecule has 0 unspecified atom stereocenters. The molecule has 1 heterocycles. The maximum absolute atomic E-state index is 13.4. The molecule has 1 saturated heterocycles. The van der Waals surface area contributed by atoms with Crippen molar-refractivity contribution < 1.29 is 24.4 Å². The first-order chi connectivity index (χ1) is 21.4. The Hall–Kier alpha value is -2.94. The van der Waals surface area contributed by atoms with Gasteiger partial charge in [0.2, 0.25) is 5.91 Å². The molecular formula is C36H51N3O6. The Balaban J connectivity index is 1.00. The van der Waals surface area contributed by atoms with Gasteiger partial charge in [0.1, 0.15) is 5.75 Å². The largest absolute Gasteiger partial charge is 0.415 e. The average Bonchev–Trinajstić information content (AvgIpc) is 3.37. The summed E-state index contributed by atoms with van der Waals surface area (Å²) in [6, 6.07) is 5.28. The van der Waals surface area contributed by atoms with Crippen molar-refractivity contribution in [1.29, 1.82) is 0 Å². The maximum atomic E-state index is 13.4. The average molecular weight is 622 g/mol. The lowest BCUT2D eigenvalue weighted by atomic mass is 9.47. The van der Waals surface area contributed by atoms with E-state index < -0.39 is 11.0 Å². The van der Waals surface area contributed by atoms with E-state index in [2.05, 4.69) is 26.8 Å². The van der Waals surface area contributed by atoms with Gasteiger partial charge in [-0.3, -0.25) is 14.9 Å². The number of fused-ring (bicyclic) bond motifs is 5. The van der Waals surface area contributed by atoms with Crippen LogP contribution in [0.2, 0.25) is 0 Å². The van der Waals surface area contributed by atoms with E-state index in [1.807, 2.05) is 11.8 Å². The molecule has 5 aliphatic rings. The molecule has 2 amide bonds. The number of nitrogens with zero attached hydrogens (tertiary/aromatic N) is 3. The lowest BCUT2D eigenvalue weighted by Crippen LogP contribution is -2.56. The van der Waals surface area contributed by atoms with Crippen LogP contribution in [0.5, 0.6) is 5.75 Å². The van der Waals surface area contributed by atoms with Crippen LogP contribution in [0.3, 0.4) is 0 Å². The van der Waals surface area contributed by atoms with Crippen molar-refractivity contribution in [2.45, 2.75) is 104 Å². The molecular weight excluding hydrogens is 570 g/mol. The highest BCUT2D eigenvalue weighted by atomic mass is 16.6. The number of piperazine rings is 1. The van der Waals surface area contributed by atoms with Gasteiger partial charge in [0.25, 0.3) is 5.69 Å². The SMILES string of the molecule is C[C@H](CCC(=O)N1CCN(C(=O)Oc2ccc([N+](=O)[O-])cc2)[C@@H](C)C1)[C@H]1CC[C@H]2[C@@H]3CC=C4C[C@@H](O)CC[C@]4(C)[C@H]3CC[C@]12C. The molecule has 45 heavy (non-hydrogen) atoms. The minimum absolute atomic E-state index is 0.0603. The molecule has 0 bridgehead atoms. The van der Waals surface area contributed by atoms with E-state index in [4.69, 9.17) is 4.74 Å². The summed E-state index contributed by atoms with van der Waals surface area (Å²) >= 11 is 0. The minimum Gasteiger partial charge on any atom is -0.410 e. The van der Waals surface area contributed by atoms with Crippen LogP contribution in [-0.4, -0.2) is 63.6 Å². The van der Waals surface area contributed by atoms with Gasteiger partial charge in [-0.25, -0.2) is 4.79 Å². The predicted molar refractivity (Wildman–Crippen MR) is 171 cm³/mol. The number of allylic oxidation sites excluding steroid dienone is 1. The Morgan fingerprint density at radius 1 is 1.09 bits per heavy atom. The lowest BCUT2D eigenvalue weighted by Gasteiger charge is -2.58. The number of aliphatic hydroxyl groups is 1. The summed E-state index contributed by atoms with van der Waals surface area (Å²) in [7, 11) is 0. The Morgan fingerprint density at radius 2 is 1.84 bits per heavy atom. The smallest absolute Gasteiger partial charge is 0.410 e. The highest BCUT2D eigenvalue weighted by Gasteiger charge is 2.59. The maximum Gasteiger partial charge on any atom is 0.415 e. The second-order valence-corrected chi connectivity index (χ2v) is 15.4. The van der Waals surface area contributed by atoms with E-state index in [-0.39, 0.29) is 34.9 Å². The van der Waals surface area contributed by atoms with Gasteiger partial charge in [-0.05, 0) is 117 Å². The van der Waals surface area contributed by atoms with Gasteiger partial charge in [-0.15, -0.1) is 0 Å². The third-order valence-electron chi connectivity index (χ3n) is 13.1. The number of benzene rings is 1. The van der Waals surface area contributed by atoms with Crippen LogP contribution >= 0.6 is 0 Å². The molecule has 1 N–H and O–H groups in total. The summed E-state index contributed by atoms with van der Waals surface area (Å²) < 4.78 is 5.46. The fourth-order valence-electron chi connectivity index (χ4n) is 10.6. The van der Waals surface area contributed by atoms with Gasteiger partial charge in [-0.2, -0.15) is 0 Å². The molecule has 3 saturated carbocycles. The lowest BCUT2D eigenvalue weighted by molar-refractivity contribution is -0.384. The van der Waals surface area contributed by atoms with Crippen molar-refractivity contribution >= 4 is 17.7 Å². The summed E-state index contributed by atoms with van der Waals surface area (Å²) in [6.07, 6.45) is 12.5. The van der Waals surface area contributed by atoms with Gasteiger partial charge in [0.05, 0.1) is 11.0 Å². The van der Waals surface area contributed by atoms with Gasteiger partial charge >= 0.3 is 6.09 Å². The van der Waals surface area contributed by atoms with Crippen LogP contribution in [-0.2, 0) is 4.79 Å². The topological polar surface area (TPSA) is 113 Å². The third kappa shape index (κ3) is 5.90. The van der Waals surface area contributed by atoms with Crippen molar-refractivity contribution in [2.24, 2.45) is 40.4 Å². The van der Waals surface area contributed by atoms with Gasteiger partial charge in [0, 0.05) is 44.2 Å². The number of hydrogen-bond donors (Lipinski definition) is 1. The number of carbonyl (C=O) groups excluding carboxylic acids is 2. The molecule has 4 fully saturated rings. The molecule has 6 rings (SSSR count). The van der Waals surface area contributed by atoms with Crippen LogP contribution in [0.1, 0.15) is 91.9 Å². The molecule has 9 heteroatoms. The van der Waals surface area contributed by atoms with Crippen molar-refractivity contribution in [1.82, 2.24) is 9.80 Å². The molecule has 1 aromatic rings. The van der Waals surface area contributed by atoms with Crippen LogP contribution in [0.15, 0.2) is 35.9 Å². The van der Waals surface area contributed by atoms with Crippen LogP contribution in [0.4, 0.5) is 10.5 Å². The zero-order valence-electron chi connectivity index (χ0n) is 27.5. The first-order valence-electron chi connectivity index (χ1n) is 17.3. The van der Waals surface area contributed by atoms with E-state index in [1.54, 1.807) is 4.90 Å². The predicted octanol–water partition coefficient (Wildman–Crippen LogP) is 6.98. The molecule has 0 radical (unpaired) electrons. The summed E-state index contributed by atoms with van der Waals surface area (Å²) in [5, 5.41) is 21.2. The first-order valence-corrected chi connectivity index (χ1v) is 17.3. The molecule has 9 nitrogen and oxygen atoms in total. The van der Waals surface area contributed by atoms with Crippen molar-refractivity contribution in [3.8, 4) is 5.75 Å². The number of rotatable bonds is 6. The molecule has 0 aromatic heterocycles. The van der Waals surface area contributed by atoms with Crippen LogP contribution < -0.4 is 4.74 Å². The van der Waals surface area contributed by atoms with Crippen molar-refractivity contribution in [3.05, 3.63) is 46.0 Å². The Morgan fingerprint density at radius 3 is 2.56 bits per heavy atom. The fourth-order valence-corrected chi connectivity index (χ4v) is 10.6. The van der Waals surface area contributed by atoms with Crippen LogP contribution in [0.25, 0.3) is 0 Å². The third-order valence-corrected chi connectivity index (χ3v) is 13.1. The number of nitro benzene ring substituents is 1. The number of hydrogen-bond acceptors (Lipinski definition) is 6. The highest BCUT2D eigenvalue weighted by Crippen LogP contribution is 2.67. The van der Waals surface area contributed by atoms with Gasteiger partial charge in [0.15, 0.2) is 0 Å². The summed E-state index contributed by atoms with van der Waals surface area (Å²) in [5.41, 5.74) is 2.07. The zero-order chi connectivity index (χ0) is 32.1. The number of ether oxygens (including phenoxy) is 1.